The molecule has 2 N–H and O–H groups in total. The molecule has 1 aromatic rings. The molecule has 1 unspecified atom stereocenters. The Balaban J connectivity index is 2.80. The summed E-state index contributed by atoms with van der Waals surface area (Å²) in [7, 11) is 1.17. The minimum absolute atomic E-state index is 0.0369. The van der Waals surface area contributed by atoms with Gasteiger partial charge in [-0.3, -0.25) is 10.1 Å². The largest absolute Gasteiger partial charge is 0.478 e. The van der Waals surface area contributed by atoms with Crippen molar-refractivity contribution in [3.8, 4) is 0 Å². The van der Waals surface area contributed by atoms with Gasteiger partial charge in [-0.1, -0.05) is 18.2 Å². The summed E-state index contributed by atoms with van der Waals surface area (Å²) < 4.78 is 4.75. The molecule has 8 heteroatoms. The van der Waals surface area contributed by atoms with Crippen LogP contribution in [0.25, 0.3) is 0 Å². The van der Waals surface area contributed by atoms with E-state index < -0.39 is 22.8 Å². The van der Waals surface area contributed by atoms with Gasteiger partial charge >= 0.3 is 11.9 Å². The molecule has 0 aromatic heterocycles. The molecule has 1 aliphatic heterocycles. The number of carbonyl (C=O) groups is 2. The minimum Gasteiger partial charge on any atom is -0.478 e. The van der Waals surface area contributed by atoms with Gasteiger partial charge in [-0.15, -0.1) is 0 Å². The van der Waals surface area contributed by atoms with Gasteiger partial charge in [0.15, 0.2) is 0 Å². The van der Waals surface area contributed by atoms with Gasteiger partial charge in [0.2, 0.25) is 0 Å². The SMILES string of the molecule is COC(=O)C1=C(C)NC(C)=C(C(=O)O)C1c1ccccc1[N+](=O)[O-]. The number of hydrogen-bond donors (Lipinski definition) is 2. The van der Waals surface area contributed by atoms with Gasteiger partial charge in [0, 0.05) is 23.0 Å². The third-order valence-electron chi connectivity index (χ3n) is 3.84. The van der Waals surface area contributed by atoms with Gasteiger partial charge in [0.1, 0.15) is 0 Å². The quantitative estimate of drug-likeness (QED) is 0.492. The molecule has 0 fully saturated rings. The molecule has 1 aromatic carbocycles. The molecule has 126 valence electrons. The van der Waals surface area contributed by atoms with Crippen LogP contribution in [0, 0.1) is 10.1 Å². The number of carbonyl (C=O) groups excluding carboxylic acids is 1. The number of nitro benzene ring substituents is 1. The van der Waals surface area contributed by atoms with Crippen LogP contribution in [0.15, 0.2) is 46.8 Å². The molecule has 0 radical (unpaired) electrons. The van der Waals surface area contributed by atoms with Crippen molar-refractivity contribution in [2.45, 2.75) is 19.8 Å². The number of methoxy groups -OCH3 is 1. The van der Waals surface area contributed by atoms with Crippen molar-refractivity contribution in [1.29, 1.82) is 0 Å². The lowest BCUT2D eigenvalue weighted by molar-refractivity contribution is -0.385. The zero-order valence-electron chi connectivity index (χ0n) is 13.3. The summed E-state index contributed by atoms with van der Waals surface area (Å²) in [5.74, 6) is -3.11. The summed E-state index contributed by atoms with van der Waals surface area (Å²) in [4.78, 5) is 34.7. The maximum absolute atomic E-state index is 12.2. The number of ether oxygens (including phenoxy) is 1. The Morgan fingerprint density at radius 1 is 1.21 bits per heavy atom. The van der Waals surface area contributed by atoms with E-state index in [0.29, 0.717) is 11.4 Å². The topological polar surface area (TPSA) is 119 Å². The monoisotopic (exact) mass is 332 g/mol. The predicted molar refractivity (Wildman–Crippen MR) is 84.0 cm³/mol. The maximum atomic E-state index is 12.2. The molecule has 2 rings (SSSR count). The van der Waals surface area contributed by atoms with Crippen LogP contribution in [0.4, 0.5) is 5.69 Å². The number of rotatable bonds is 4. The number of esters is 1. The molecular weight excluding hydrogens is 316 g/mol. The Morgan fingerprint density at radius 2 is 1.79 bits per heavy atom. The number of carboxylic acids is 1. The number of nitrogens with one attached hydrogen (secondary N) is 1. The van der Waals surface area contributed by atoms with E-state index in [1.54, 1.807) is 19.9 Å². The van der Waals surface area contributed by atoms with Crippen molar-refractivity contribution in [3.05, 3.63) is 62.5 Å². The van der Waals surface area contributed by atoms with Gasteiger partial charge < -0.3 is 15.2 Å². The van der Waals surface area contributed by atoms with E-state index in [4.69, 9.17) is 4.74 Å². The van der Waals surface area contributed by atoms with Crippen molar-refractivity contribution in [3.63, 3.8) is 0 Å². The second-order valence-electron chi connectivity index (χ2n) is 5.25. The number of allylic oxidation sites excluding steroid dienone is 2. The van der Waals surface area contributed by atoms with E-state index in [9.17, 15) is 24.8 Å². The van der Waals surface area contributed by atoms with Crippen molar-refractivity contribution >= 4 is 17.6 Å². The fourth-order valence-electron chi connectivity index (χ4n) is 2.87. The van der Waals surface area contributed by atoms with Crippen LogP contribution in [0.3, 0.4) is 0 Å². The standard InChI is InChI=1S/C16H16N2O6/c1-8-12(15(19)20)14(13(9(2)17-8)16(21)24-3)10-6-4-5-7-11(10)18(22)23/h4-7,14,17H,1-3H3,(H,19,20). The number of para-hydroxylation sites is 1. The van der Waals surface area contributed by atoms with Crippen molar-refractivity contribution in [2.75, 3.05) is 7.11 Å². The van der Waals surface area contributed by atoms with Gasteiger partial charge in [-0.05, 0) is 13.8 Å². The average molecular weight is 332 g/mol. The lowest BCUT2D eigenvalue weighted by Gasteiger charge is -2.29. The van der Waals surface area contributed by atoms with E-state index in [1.807, 2.05) is 0 Å². The van der Waals surface area contributed by atoms with Crippen LogP contribution in [0.5, 0.6) is 0 Å². The van der Waals surface area contributed by atoms with Gasteiger partial charge in [0.25, 0.3) is 5.69 Å². The van der Waals surface area contributed by atoms with Crippen LogP contribution in [0.1, 0.15) is 25.3 Å². The highest BCUT2D eigenvalue weighted by Gasteiger charge is 2.39. The normalized spacial score (nSPS) is 17.4. The molecule has 0 amide bonds. The van der Waals surface area contributed by atoms with Gasteiger partial charge in [0.05, 0.1) is 29.1 Å². The summed E-state index contributed by atoms with van der Waals surface area (Å²) in [6.07, 6.45) is 0. The molecule has 8 nitrogen and oxygen atoms in total. The Hall–Kier alpha value is -3.16. The van der Waals surface area contributed by atoms with E-state index >= 15 is 0 Å². The number of nitro groups is 1. The smallest absolute Gasteiger partial charge is 0.336 e. The fraction of sp³-hybridized carbons (Fsp3) is 0.250. The first-order chi connectivity index (χ1) is 11.3. The Bertz CT molecular complexity index is 794. The molecule has 0 saturated heterocycles. The van der Waals surface area contributed by atoms with Gasteiger partial charge in [-0.2, -0.15) is 0 Å². The number of carboxylic acid groups (broad SMARTS) is 1. The minimum atomic E-state index is -1.27. The highest BCUT2D eigenvalue weighted by atomic mass is 16.6. The van der Waals surface area contributed by atoms with Gasteiger partial charge in [-0.25, -0.2) is 9.59 Å². The molecule has 0 bridgehead atoms. The first-order valence-electron chi connectivity index (χ1n) is 7.03. The van der Waals surface area contributed by atoms with Crippen LogP contribution >= 0.6 is 0 Å². The highest BCUT2D eigenvalue weighted by Crippen LogP contribution is 2.41. The lowest BCUT2D eigenvalue weighted by atomic mass is 9.80. The van der Waals surface area contributed by atoms with E-state index in [1.165, 1.54) is 25.3 Å². The zero-order valence-corrected chi connectivity index (χ0v) is 13.3. The van der Waals surface area contributed by atoms with Crippen molar-refractivity contribution in [1.82, 2.24) is 5.32 Å². The summed E-state index contributed by atoms with van der Waals surface area (Å²) in [5, 5.41) is 23.8. The summed E-state index contributed by atoms with van der Waals surface area (Å²) in [6.45, 7) is 3.14. The number of hydrogen-bond acceptors (Lipinski definition) is 6. The summed E-state index contributed by atoms with van der Waals surface area (Å²) in [5.41, 5.74) is 0.485. The maximum Gasteiger partial charge on any atom is 0.336 e. The Labute approximate surface area is 137 Å². The molecular formula is C16H16N2O6. The first kappa shape index (κ1) is 17.2. The average Bonchev–Trinajstić information content (AvgIpc) is 2.52. The third kappa shape index (κ3) is 2.85. The van der Waals surface area contributed by atoms with Crippen LogP contribution in [-0.2, 0) is 14.3 Å². The van der Waals surface area contributed by atoms with Crippen molar-refractivity contribution in [2.24, 2.45) is 0 Å². The second kappa shape index (κ2) is 6.53. The van der Waals surface area contributed by atoms with E-state index in [2.05, 4.69) is 5.32 Å². The second-order valence-corrected chi connectivity index (χ2v) is 5.25. The Kier molecular flexibility index (Phi) is 4.68. The third-order valence-corrected chi connectivity index (χ3v) is 3.84. The molecule has 0 saturated carbocycles. The van der Waals surface area contributed by atoms with E-state index in [-0.39, 0.29) is 22.4 Å². The lowest BCUT2D eigenvalue weighted by Crippen LogP contribution is -2.31. The zero-order chi connectivity index (χ0) is 18.0. The summed E-state index contributed by atoms with van der Waals surface area (Å²) >= 11 is 0. The fourth-order valence-corrected chi connectivity index (χ4v) is 2.87. The van der Waals surface area contributed by atoms with Crippen LogP contribution < -0.4 is 5.32 Å². The molecule has 1 heterocycles. The van der Waals surface area contributed by atoms with Crippen molar-refractivity contribution < 1.29 is 24.4 Å². The van der Waals surface area contributed by atoms with Crippen LogP contribution in [-0.4, -0.2) is 29.1 Å². The summed E-state index contributed by atoms with van der Waals surface area (Å²) in [6, 6.07) is 5.76. The number of aliphatic carboxylic acids is 1. The molecule has 0 aliphatic carbocycles. The first-order valence-corrected chi connectivity index (χ1v) is 7.03. The molecule has 24 heavy (non-hydrogen) atoms. The molecule has 1 atom stereocenters. The number of nitrogens with zero attached hydrogens (tertiary/aromatic N) is 1. The number of benzene rings is 1. The molecule has 0 spiro atoms. The highest BCUT2D eigenvalue weighted by molar-refractivity contribution is 5.99. The predicted octanol–water partition coefficient (Wildman–Crippen LogP) is 2.09. The van der Waals surface area contributed by atoms with Crippen LogP contribution in [0.2, 0.25) is 0 Å². The molecule has 1 aliphatic rings. The Morgan fingerprint density at radius 3 is 2.33 bits per heavy atom. The number of dihydropyridines is 1. The van der Waals surface area contributed by atoms with E-state index in [0.717, 1.165) is 0 Å².